The second-order valence-electron chi connectivity index (χ2n) is 5.38. The van der Waals surface area contributed by atoms with Gasteiger partial charge >= 0.3 is 5.97 Å². The van der Waals surface area contributed by atoms with Gasteiger partial charge in [-0.05, 0) is 19.5 Å². The second-order valence-corrected chi connectivity index (χ2v) is 10.4. The van der Waals surface area contributed by atoms with E-state index in [0.29, 0.717) is 23.4 Å². The van der Waals surface area contributed by atoms with Crippen LogP contribution < -0.4 is 10.5 Å². The van der Waals surface area contributed by atoms with Crippen LogP contribution in [0.4, 0.5) is 0 Å². The summed E-state index contributed by atoms with van der Waals surface area (Å²) in [6.07, 6.45) is -0.0747. The second kappa shape index (κ2) is 7.68. The number of likely N-dealkylation sites (N-methyl/N-ethyl adjacent to an activating group) is 1. The maximum atomic E-state index is 12.8. The van der Waals surface area contributed by atoms with Gasteiger partial charge in [-0.3, -0.25) is 4.79 Å². The Bertz CT molecular complexity index is 846. The summed E-state index contributed by atoms with van der Waals surface area (Å²) >= 11 is 0.628. The fourth-order valence-corrected chi connectivity index (χ4v) is 6.82. The molecule has 0 spiro atoms. The number of primary sulfonamides is 1. The number of esters is 1. The van der Waals surface area contributed by atoms with Crippen LogP contribution in [-0.2, 0) is 29.6 Å². The van der Waals surface area contributed by atoms with Gasteiger partial charge in [0.2, 0.25) is 10.0 Å². The van der Waals surface area contributed by atoms with E-state index < -0.39 is 26.0 Å². The number of sulfonamides is 2. The summed E-state index contributed by atoms with van der Waals surface area (Å²) in [5.41, 5.74) is 0.392. The van der Waals surface area contributed by atoms with Crippen molar-refractivity contribution in [3.63, 3.8) is 0 Å². The van der Waals surface area contributed by atoms with Crippen LogP contribution in [0.1, 0.15) is 31.9 Å². The number of nitrogens with one attached hydrogen (secondary N) is 1. The molecular formula is C13H21N3O6S3. The Balaban J connectivity index is 2.38. The van der Waals surface area contributed by atoms with Crippen LogP contribution >= 0.6 is 11.3 Å². The Labute approximate surface area is 151 Å². The first kappa shape index (κ1) is 20.3. The molecule has 0 aromatic carbocycles. The third kappa shape index (κ3) is 4.38. The zero-order valence-corrected chi connectivity index (χ0v) is 16.3. The minimum Gasteiger partial charge on any atom is -0.466 e. The Kier molecular flexibility index (Phi) is 6.22. The highest BCUT2D eigenvalue weighted by molar-refractivity contribution is 7.94. The Morgan fingerprint density at radius 3 is 2.72 bits per heavy atom. The average molecular weight is 412 g/mol. The summed E-state index contributed by atoms with van der Waals surface area (Å²) < 4.78 is 54.5. The summed E-state index contributed by atoms with van der Waals surface area (Å²) in [7, 11) is -7.90. The van der Waals surface area contributed by atoms with E-state index in [-0.39, 0.29) is 40.6 Å². The molecule has 0 fully saturated rings. The van der Waals surface area contributed by atoms with Crippen LogP contribution in [-0.4, -0.2) is 53.4 Å². The zero-order valence-electron chi connectivity index (χ0n) is 13.9. The number of carbonyl (C=O) groups is 1. The molecule has 3 N–H and O–H groups in total. The fourth-order valence-electron chi connectivity index (χ4n) is 2.55. The highest BCUT2D eigenvalue weighted by atomic mass is 32.3. The van der Waals surface area contributed by atoms with Gasteiger partial charge in [0.05, 0.1) is 13.0 Å². The van der Waals surface area contributed by atoms with Gasteiger partial charge < -0.3 is 10.1 Å². The van der Waals surface area contributed by atoms with Gasteiger partial charge in [0.1, 0.15) is 8.42 Å². The Morgan fingerprint density at radius 1 is 1.48 bits per heavy atom. The number of hydrogen-bond acceptors (Lipinski definition) is 8. The monoisotopic (exact) mass is 411 g/mol. The number of fused-ring (bicyclic) bond motifs is 1. The normalized spacial score (nSPS) is 20.2. The van der Waals surface area contributed by atoms with E-state index in [0.717, 1.165) is 0 Å². The van der Waals surface area contributed by atoms with Gasteiger partial charge in [0, 0.05) is 24.7 Å². The average Bonchev–Trinajstić information content (AvgIpc) is 2.96. The topological polar surface area (TPSA) is 136 Å². The van der Waals surface area contributed by atoms with Gasteiger partial charge in [-0.15, -0.1) is 11.3 Å². The molecule has 0 aliphatic carbocycles. The van der Waals surface area contributed by atoms with Crippen LogP contribution in [0.2, 0.25) is 0 Å². The summed E-state index contributed by atoms with van der Waals surface area (Å²) in [6.45, 7) is 4.38. The zero-order chi connectivity index (χ0) is 18.8. The molecule has 1 atom stereocenters. The molecule has 0 unspecified atom stereocenters. The number of nitrogens with two attached hydrogens (primary N) is 1. The van der Waals surface area contributed by atoms with Crippen molar-refractivity contribution >= 4 is 37.4 Å². The van der Waals surface area contributed by atoms with Gasteiger partial charge in [0.15, 0.2) is 0 Å². The van der Waals surface area contributed by atoms with Crippen molar-refractivity contribution in [1.29, 1.82) is 0 Å². The lowest BCUT2D eigenvalue weighted by Gasteiger charge is -2.32. The van der Waals surface area contributed by atoms with Crippen LogP contribution in [0.5, 0.6) is 0 Å². The van der Waals surface area contributed by atoms with E-state index in [1.165, 1.54) is 10.4 Å². The molecule has 0 bridgehead atoms. The molecule has 2 heterocycles. The number of hydrogen-bond donors (Lipinski definition) is 2. The number of ether oxygens (including phenoxy) is 1. The SMILES string of the molecule is CCN[C@H]1CN(CCC(=O)OCC)S(=O)(=O)c2sc(S(N)(=O)=O)cc21. The van der Waals surface area contributed by atoms with E-state index in [1.807, 2.05) is 6.92 Å². The van der Waals surface area contributed by atoms with Crippen molar-refractivity contribution in [2.24, 2.45) is 5.14 Å². The minimum atomic E-state index is -4.00. The molecule has 2 rings (SSSR count). The lowest BCUT2D eigenvalue weighted by Crippen LogP contribution is -2.44. The Hall–Kier alpha value is -1.05. The summed E-state index contributed by atoms with van der Waals surface area (Å²) in [5, 5.41) is 8.27. The fraction of sp³-hybridized carbons (Fsp3) is 0.615. The molecule has 142 valence electrons. The van der Waals surface area contributed by atoms with E-state index >= 15 is 0 Å². The first-order chi connectivity index (χ1) is 11.6. The van der Waals surface area contributed by atoms with Crippen molar-refractivity contribution in [2.45, 2.75) is 34.7 Å². The third-order valence-electron chi connectivity index (χ3n) is 3.64. The molecule has 0 saturated carbocycles. The van der Waals surface area contributed by atoms with Gasteiger partial charge in [0.25, 0.3) is 10.0 Å². The molecule has 0 amide bonds. The predicted octanol–water partition coefficient (Wildman–Crippen LogP) is 0.00360. The van der Waals surface area contributed by atoms with Crippen LogP contribution in [0.3, 0.4) is 0 Å². The largest absolute Gasteiger partial charge is 0.466 e. The van der Waals surface area contributed by atoms with E-state index in [2.05, 4.69) is 5.32 Å². The van der Waals surface area contributed by atoms with Crippen LogP contribution in [0.25, 0.3) is 0 Å². The third-order valence-corrected chi connectivity index (χ3v) is 8.60. The molecule has 1 aliphatic heterocycles. The van der Waals surface area contributed by atoms with Crippen molar-refractivity contribution in [3.8, 4) is 0 Å². The maximum absolute atomic E-state index is 12.8. The van der Waals surface area contributed by atoms with Crippen LogP contribution in [0, 0.1) is 0 Å². The van der Waals surface area contributed by atoms with Crippen molar-refractivity contribution in [3.05, 3.63) is 11.6 Å². The molecular weight excluding hydrogens is 390 g/mol. The number of rotatable bonds is 7. The molecule has 1 aromatic heterocycles. The lowest BCUT2D eigenvalue weighted by atomic mass is 10.1. The maximum Gasteiger partial charge on any atom is 0.307 e. The molecule has 25 heavy (non-hydrogen) atoms. The predicted molar refractivity (Wildman–Crippen MR) is 92.1 cm³/mol. The first-order valence-electron chi connectivity index (χ1n) is 7.67. The number of thiophene rings is 1. The first-order valence-corrected chi connectivity index (χ1v) is 11.5. The summed E-state index contributed by atoms with van der Waals surface area (Å²) in [4.78, 5) is 11.5. The molecule has 1 aliphatic rings. The summed E-state index contributed by atoms with van der Waals surface area (Å²) in [5.74, 6) is -0.486. The number of nitrogens with zero attached hydrogens (tertiary/aromatic N) is 1. The molecule has 12 heteroatoms. The van der Waals surface area contributed by atoms with E-state index in [9.17, 15) is 21.6 Å². The summed E-state index contributed by atoms with van der Waals surface area (Å²) in [6, 6.07) is 0.931. The van der Waals surface area contributed by atoms with Crippen molar-refractivity contribution in [1.82, 2.24) is 9.62 Å². The van der Waals surface area contributed by atoms with Crippen molar-refractivity contribution in [2.75, 3.05) is 26.2 Å². The Morgan fingerprint density at radius 2 is 2.16 bits per heavy atom. The van der Waals surface area contributed by atoms with Gasteiger partial charge in [-0.2, -0.15) is 4.31 Å². The van der Waals surface area contributed by atoms with E-state index in [4.69, 9.17) is 9.88 Å². The standard InChI is InChI=1S/C13H21N3O6S3/c1-3-15-10-8-16(6-5-11(17)22-4-2)25(20,21)13-9(10)7-12(23-13)24(14,18)19/h7,10,15H,3-6,8H2,1-2H3,(H2,14,18,19)/t10-/m0/s1. The lowest BCUT2D eigenvalue weighted by molar-refractivity contribution is -0.143. The quantitative estimate of drug-likeness (QED) is 0.603. The number of carbonyl (C=O) groups excluding carboxylic acids is 1. The van der Waals surface area contributed by atoms with Gasteiger partial charge in [-0.1, -0.05) is 6.92 Å². The molecule has 0 radical (unpaired) electrons. The van der Waals surface area contributed by atoms with Crippen LogP contribution in [0.15, 0.2) is 14.5 Å². The highest BCUT2D eigenvalue weighted by Gasteiger charge is 2.39. The molecule has 0 saturated heterocycles. The van der Waals surface area contributed by atoms with Crippen molar-refractivity contribution < 1.29 is 26.4 Å². The molecule has 1 aromatic rings. The van der Waals surface area contributed by atoms with Gasteiger partial charge in [-0.25, -0.2) is 22.0 Å². The molecule has 9 nitrogen and oxygen atoms in total. The smallest absolute Gasteiger partial charge is 0.307 e. The minimum absolute atomic E-state index is 0.0366. The highest BCUT2D eigenvalue weighted by Crippen LogP contribution is 2.39. The van der Waals surface area contributed by atoms with E-state index in [1.54, 1.807) is 6.92 Å².